The number of alkyl halides is 2. The third kappa shape index (κ3) is 4.85. The predicted molar refractivity (Wildman–Crippen MR) is 93.8 cm³/mol. The lowest BCUT2D eigenvalue weighted by Gasteiger charge is -2.35. The molecule has 1 saturated heterocycles. The molecule has 0 saturated carbocycles. The summed E-state index contributed by atoms with van der Waals surface area (Å²) in [5.41, 5.74) is 1.02. The number of nitrogens with zero attached hydrogens (tertiary/aromatic N) is 1. The fourth-order valence-corrected chi connectivity index (χ4v) is 3.12. The molecule has 2 aliphatic rings. The minimum absolute atomic E-state index is 0. The molecule has 2 aliphatic heterocycles. The summed E-state index contributed by atoms with van der Waals surface area (Å²) in [6.07, 6.45) is -0.300. The highest BCUT2D eigenvalue weighted by molar-refractivity contribution is 5.85. The van der Waals surface area contributed by atoms with Gasteiger partial charge in [0.15, 0.2) is 11.5 Å². The van der Waals surface area contributed by atoms with Crippen LogP contribution in [0.5, 0.6) is 11.5 Å². The van der Waals surface area contributed by atoms with Gasteiger partial charge in [0.1, 0.15) is 0 Å². The molecule has 0 unspecified atom stereocenters. The Morgan fingerprint density at radius 1 is 1.17 bits per heavy atom. The van der Waals surface area contributed by atoms with Gasteiger partial charge in [-0.3, -0.25) is 4.90 Å². The van der Waals surface area contributed by atoms with Crippen LogP contribution in [0.25, 0.3) is 0 Å². The molecule has 0 spiro atoms. The van der Waals surface area contributed by atoms with E-state index in [2.05, 4.69) is 26.6 Å². The fraction of sp³-hybridized carbons (Fsp3) is 0.625. The number of hydrogen-bond acceptors (Lipinski definition) is 4. The highest BCUT2D eigenvalue weighted by Gasteiger charge is 2.43. The molecule has 1 fully saturated rings. The van der Waals surface area contributed by atoms with Gasteiger partial charge in [-0.1, -0.05) is 25.8 Å². The zero-order chi connectivity index (χ0) is 15.6. The Kier molecular flexibility index (Phi) is 7.99. The highest BCUT2D eigenvalue weighted by Crippen LogP contribution is 2.43. The van der Waals surface area contributed by atoms with Crippen molar-refractivity contribution in [1.29, 1.82) is 0 Å². The average Bonchev–Trinajstić information content (AvgIpc) is 2.82. The van der Waals surface area contributed by atoms with Crippen LogP contribution in [-0.4, -0.2) is 37.4 Å². The van der Waals surface area contributed by atoms with E-state index >= 15 is 0 Å². The van der Waals surface area contributed by atoms with Gasteiger partial charge in [-0.05, 0) is 24.1 Å². The van der Waals surface area contributed by atoms with Crippen molar-refractivity contribution in [3.8, 4) is 11.5 Å². The largest absolute Gasteiger partial charge is 0.586 e. The van der Waals surface area contributed by atoms with Gasteiger partial charge >= 0.3 is 6.29 Å². The normalized spacial score (nSPS) is 20.0. The number of unbranched alkanes of at least 4 members (excludes halogenated alkanes) is 1. The van der Waals surface area contributed by atoms with E-state index in [0.717, 1.165) is 51.0 Å². The second-order valence-electron chi connectivity index (χ2n) is 5.82. The number of benzene rings is 1. The molecular weight excluding hydrogens is 361 g/mol. The number of nitrogens with one attached hydrogen (secondary N) is 1. The fourth-order valence-electron chi connectivity index (χ4n) is 3.12. The van der Waals surface area contributed by atoms with E-state index in [4.69, 9.17) is 0 Å². The van der Waals surface area contributed by atoms with Crippen LogP contribution in [0.15, 0.2) is 18.2 Å². The van der Waals surface area contributed by atoms with Crippen molar-refractivity contribution in [1.82, 2.24) is 10.2 Å². The van der Waals surface area contributed by atoms with Crippen molar-refractivity contribution in [3.63, 3.8) is 0 Å². The van der Waals surface area contributed by atoms with Gasteiger partial charge in [0.25, 0.3) is 0 Å². The van der Waals surface area contributed by atoms with E-state index in [0.29, 0.717) is 0 Å². The van der Waals surface area contributed by atoms with Gasteiger partial charge in [-0.15, -0.1) is 33.6 Å². The van der Waals surface area contributed by atoms with Gasteiger partial charge in [-0.25, -0.2) is 0 Å². The van der Waals surface area contributed by atoms with E-state index in [1.54, 1.807) is 12.1 Å². The maximum absolute atomic E-state index is 13.2. The molecule has 0 amide bonds. The number of ether oxygens (including phenoxy) is 2. The van der Waals surface area contributed by atoms with Crippen LogP contribution in [0, 0.1) is 0 Å². The molecule has 0 bridgehead atoms. The maximum atomic E-state index is 13.2. The van der Waals surface area contributed by atoms with E-state index in [1.807, 2.05) is 6.07 Å². The molecule has 138 valence electrons. The van der Waals surface area contributed by atoms with Crippen molar-refractivity contribution in [2.24, 2.45) is 0 Å². The highest BCUT2D eigenvalue weighted by atomic mass is 35.5. The lowest BCUT2D eigenvalue weighted by Crippen LogP contribution is -2.45. The van der Waals surface area contributed by atoms with Gasteiger partial charge in [0.05, 0.1) is 0 Å². The smallest absolute Gasteiger partial charge is 0.395 e. The summed E-state index contributed by atoms with van der Waals surface area (Å²) in [5, 5.41) is 3.34. The van der Waals surface area contributed by atoms with Crippen LogP contribution in [0.1, 0.15) is 37.8 Å². The van der Waals surface area contributed by atoms with Crippen molar-refractivity contribution in [2.45, 2.75) is 38.5 Å². The van der Waals surface area contributed by atoms with E-state index in [9.17, 15) is 8.78 Å². The lowest BCUT2D eigenvalue weighted by atomic mass is 9.98. The standard InChI is InChI=1S/C16H22F2N2O2.2ClH/c1-2-3-4-13(20-9-7-19-8-10-20)12-5-6-14-15(11-12)22-16(17,18)21-14;;/h5-6,11,13,19H,2-4,7-10H2,1H3;2*1H/t13-;;/m0../s1. The number of hydrogen-bond donors (Lipinski definition) is 1. The van der Waals surface area contributed by atoms with Gasteiger partial charge in [-0.2, -0.15) is 0 Å². The van der Waals surface area contributed by atoms with Crippen molar-refractivity contribution in [2.75, 3.05) is 26.2 Å². The molecule has 1 aromatic rings. The van der Waals surface area contributed by atoms with Gasteiger partial charge in [0.2, 0.25) is 0 Å². The molecule has 0 aromatic heterocycles. The van der Waals surface area contributed by atoms with Crippen molar-refractivity contribution in [3.05, 3.63) is 23.8 Å². The van der Waals surface area contributed by atoms with Crippen molar-refractivity contribution >= 4 is 24.8 Å². The SMILES string of the molecule is CCCC[C@@H](c1ccc2c(c1)OC(F)(F)O2)N1CCNCC1.Cl.Cl. The van der Waals surface area contributed by atoms with Crippen LogP contribution >= 0.6 is 24.8 Å². The number of piperazine rings is 1. The lowest BCUT2D eigenvalue weighted by molar-refractivity contribution is -0.286. The van der Waals surface area contributed by atoms with Crippen LogP contribution in [0.2, 0.25) is 0 Å². The molecule has 24 heavy (non-hydrogen) atoms. The van der Waals surface area contributed by atoms with Crippen molar-refractivity contribution < 1.29 is 18.3 Å². The molecule has 4 nitrogen and oxygen atoms in total. The molecule has 2 heterocycles. The Balaban J connectivity index is 0.00000144. The third-order valence-electron chi connectivity index (χ3n) is 4.23. The molecule has 1 atom stereocenters. The quantitative estimate of drug-likeness (QED) is 0.831. The van der Waals surface area contributed by atoms with Gasteiger partial charge in [0, 0.05) is 32.2 Å². The monoisotopic (exact) mass is 384 g/mol. The summed E-state index contributed by atoms with van der Waals surface area (Å²) in [6.45, 7) is 6.03. The Morgan fingerprint density at radius 2 is 1.83 bits per heavy atom. The molecule has 1 aromatic carbocycles. The summed E-state index contributed by atoms with van der Waals surface area (Å²) < 4.78 is 35.4. The van der Waals surface area contributed by atoms with Crippen LogP contribution in [0.4, 0.5) is 8.78 Å². The first-order valence-electron chi connectivity index (χ1n) is 7.93. The summed E-state index contributed by atoms with van der Waals surface area (Å²) in [4.78, 5) is 2.42. The van der Waals surface area contributed by atoms with E-state index in [-0.39, 0.29) is 42.4 Å². The molecule has 0 aliphatic carbocycles. The van der Waals surface area contributed by atoms with Gasteiger partial charge < -0.3 is 14.8 Å². The summed E-state index contributed by atoms with van der Waals surface area (Å²) >= 11 is 0. The van der Waals surface area contributed by atoms with Crippen LogP contribution in [0.3, 0.4) is 0 Å². The Bertz CT molecular complexity index is 529. The Morgan fingerprint density at radius 3 is 2.50 bits per heavy atom. The second kappa shape index (κ2) is 9.04. The number of halogens is 4. The average molecular weight is 385 g/mol. The first-order valence-corrected chi connectivity index (χ1v) is 7.93. The minimum atomic E-state index is -3.55. The summed E-state index contributed by atoms with van der Waals surface area (Å²) in [5.74, 6) is 0.252. The Hall–Kier alpha value is -0.820. The maximum Gasteiger partial charge on any atom is 0.586 e. The molecule has 0 radical (unpaired) electrons. The molecular formula is C16H24Cl2F2N2O2. The van der Waals surface area contributed by atoms with Crippen LogP contribution in [-0.2, 0) is 0 Å². The molecule has 1 N–H and O–H groups in total. The number of rotatable bonds is 5. The Labute approximate surface area is 153 Å². The summed E-state index contributed by atoms with van der Waals surface area (Å²) in [6, 6.07) is 5.42. The third-order valence-corrected chi connectivity index (χ3v) is 4.23. The zero-order valence-electron chi connectivity index (χ0n) is 13.6. The minimum Gasteiger partial charge on any atom is -0.395 e. The predicted octanol–water partition coefficient (Wildman–Crippen LogP) is 3.99. The first kappa shape index (κ1) is 21.2. The second-order valence-corrected chi connectivity index (χ2v) is 5.82. The topological polar surface area (TPSA) is 33.7 Å². The first-order chi connectivity index (χ1) is 10.6. The van der Waals surface area contributed by atoms with E-state index in [1.165, 1.54) is 0 Å². The zero-order valence-corrected chi connectivity index (χ0v) is 15.2. The molecule has 3 rings (SSSR count). The molecule has 8 heteroatoms. The number of fused-ring (bicyclic) bond motifs is 1. The summed E-state index contributed by atoms with van der Waals surface area (Å²) in [7, 11) is 0. The van der Waals surface area contributed by atoms with E-state index < -0.39 is 6.29 Å². The van der Waals surface area contributed by atoms with Crippen LogP contribution < -0.4 is 14.8 Å².